The minimum Gasteiger partial charge on any atom is -0.463 e. The summed E-state index contributed by atoms with van der Waals surface area (Å²) in [5.41, 5.74) is 1.12. The lowest BCUT2D eigenvalue weighted by Crippen LogP contribution is -2.47. The van der Waals surface area contributed by atoms with E-state index in [1.807, 2.05) is 36.4 Å². The van der Waals surface area contributed by atoms with Crippen molar-refractivity contribution in [3.8, 4) is 0 Å². The standard InChI is InChI=1S/C23H20BrNO4/c1-3-29-21(27)18-11-10-17(15-7-5-4-6-8-15)23(18)19-13-16(24)9-12-20(19)25(14(2)26)22(23)28/h4-9,11-13,17H,3,10H2,1-2H3/t17-,23-/m1/s1. The number of rotatable bonds is 3. The second kappa shape index (κ2) is 7.26. The topological polar surface area (TPSA) is 63.7 Å². The van der Waals surface area contributed by atoms with Crippen LogP contribution >= 0.6 is 15.9 Å². The van der Waals surface area contributed by atoms with Gasteiger partial charge in [0.05, 0.1) is 17.9 Å². The number of nitrogens with zero attached hydrogens (tertiary/aromatic N) is 1. The monoisotopic (exact) mass is 453 g/mol. The molecule has 0 unspecified atom stereocenters. The van der Waals surface area contributed by atoms with Crippen LogP contribution in [0.2, 0.25) is 0 Å². The molecule has 1 aliphatic carbocycles. The Morgan fingerprint density at radius 3 is 2.59 bits per heavy atom. The Morgan fingerprint density at radius 1 is 1.21 bits per heavy atom. The van der Waals surface area contributed by atoms with Crippen molar-refractivity contribution in [3.63, 3.8) is 0 Å². The van der Waals surface area contributed by atoms with E-state index in [1.165, 1.54) is 11.8 Å². The van der Waals surface area contributed by atoms with Crippen LogP contribution in [0, 0.1) is 0 Å². The predicted octanol–water partition coefficient (Wildman–Crippen LogP) is 4.26. The lowest BCUT2D eigenvalue weighted by molar-refractivity contribution is -0.141. The van der Waals surface area contributed by atoms with Crippen LogP contribution in [-0.2, 0) is 24.5 Å². The number of fused-ring (bicyclic) bond motifs is 2. The molecule has 148 valence electrons. The molecule has 0 bridgehead atoms. The number of anilines is 1. The zero-order valence-corrected chi connectivity index (χ0v) is 17.7. The van der Waals surface area contributed by atoms with E-state index in [2.05, 4.69) is 15.9 Å². The molecule has 2 atom stereocenters. The number of carbonyl (C=O) groups is 3. The highest BCUT2D eigenvalue weighted by molar-refractivity contribution is 9.10. The Kier molecular flexibility index (Phi) is 4.90. The summed E-state index contributed by atoms with van der Waals surface area (Å²) in [6, 6.07) is 15.0. The summed E-state index contributed by atoms with van der Waals surface area (Å²) in [7, 11) is 0. The molecule has 4 rings (SSSR count). The zero-order valence-electron chi connectivity index (χ0n) is 16.1. The van der Waals surface area contributed by atoms with Gasteiger partial charge in [-0.3, -0.25) is 9.59 Å². The average molecular weight is 454 g/mol. The maximum atomic E-state index is 13.9. The third kappa shape index (κ3) is 2.77. The van der Waals surface area contributed by atoms with Crippen molar-refractivity contribution in [2.45, 2.75) is 31.6 Å². The molecule has 0 radical (unpaired) electrons. The third-order valence-electron chi connectivity index (χ3n) is 5.68. The van der Waals surface area contributed by atoms with Gasteiger partial charge < -0.3 is 4.74 Å². The minimum atomic E-state index is -1.29. The molecule has 0 saturated carbocycles. The number of ether oxygens (including phenoxy) is 1. The number of halogens is 1. The zero-order chi connectivity index (χ0) is 20.8. The Morgan fingerprint density at radius 2 is 1.93 bits per heavy atom. The Labute approximate surface area is 177 Å². The fourth-order valence-electron chi connectivity index (χ4n) is 4.62. The normalized spacial score (nSPS) is 22.6. The first-order valence-electron chi connectivity index (χ1n) is 9.50. The van der Waals surface area contributed by atoms with Crippen molar-refractivity contribution >= 4 is 39.4 Å². The molecule has 0 aromatic heterocycles. The van der Waals surface area contributed by atoms with Crippen LogP contribution in [0.3, 0.4) is 0 Å². The lowest BCUT2D eigenvalue weighted by Gasteiger charge is -2.33. The molecular formula is C23H20BrNO4. The molecule has 1 spiro atoms. The third-order valence-corrected chi connectivity index (χ3v) is 6.18. The van der Waals surface area contributed by atoms with E-state index in [0.29, 0.717) is 23.2 Å². The molecule has 0 saturated heterocycles. The van der Waals surface area contributed by atoms with Gasteiger partial charge >= 0.3 is 5.97 Å². The number of hydrogen-bond acceptors (Lipinski definition) is 4. The Bertz CT molecular complexity index is 1050. The summed E-state index contributed by atoms with van der Waals surface area (Å²) in [5, 5.41) is 0. The predicted molar refractivity (Wildman–Crippen MR) is 113 cm³/mol. The van der Waals surface area contributed by atoms with Gasteiger partial charge in [0.25, 0.3) is 0 Å². The van der Waals surface area contributed by atoms with Crippen LogP contribution < -0.4 is 4.90 Å². The first kappa shape index (κ1) is 19.6. The number of esters is 1. The fraction of sp³-hybridized carbons (Fsp3) is 0.261. The fourth-order valence-corrected chi connectivity index (χ4v) is 4.98. The summed E-state index contributed by atoms with van der Waals surface area (Å²) in [5.74, 6) is -1.61. The highest BCUT2D eigenvalue weighted by Gasteiger charge is 2.62. The quantitative estimate of drug-likeness (QED) is 0.651. The van der Waals surface area contributed by atoms with Gasteiger partial charge in [0.2, 0.25) is 11.8 Å². The van der Waals surface area contributed by atoms with Crippen molar-refractivity contribution in [2.75, 3.05) is 11.5 Å². The highest BCUT2D eigenvalue weighted by atomic mass is 79.9. The van der Waals surface area contributed by atoms with Crippen molar-refractivity contribution in [2.24, 2.45) is 0 Å². The smallest absolute Gasteiger partial charge is 0.335 e. The molecule has 2 amide bonds. The number of allylic oxidation sites excluding steroid dienone is 1. The summed E-state index contributed by atoms with van der Waals surface area (Å²) in [6.45, 7) is 3.30. The van der Waals surface area contributed by atoms with Crippen LogP contribution in [0.1, 0.15) is 37.3 Å². The number of carbonyl (C=O) groups excluding carboxylic acids is 3. The number of hydrogen-bond donors (Lipinski definition) is 0. The van der Waals surface area contributed by atoms with Gasteiger partial charge in [-0.25, -0.2) is 9.69 Å². The Hall–Kier alpha value is -2.73. The van der Waals surface area contributed by atoms with E-state index in [-0.39, 0.29) is 18.4 Å². The highest BCUT2D eigenvalue weighted by Crippen LogP contribution is 2.59. The molecular weight excluding hydrogens is 434 g/mol. The van der Waals surface area contributed by atoms with Crippen LogP contribution in [-0.4, -0.2) is 24.4 Å². The average Bonchev–Trinajstić information content (AvgIpc) is 3.21. The molecule has 2 aromatic carbocycles. The van der Waals surface area contributed by atoms with E-state index in [9.17, 15) is 14.4 Å². The number of benzene rings is 2. The largest absolute Gasteiger partial charge is 0.463 e. The van der Waals surface area contributed by atoms with Crippen molar-refractivity contribution in [1.82, 2.24) is 0 Å². The molecule has 0 fully saturated rings. The Balaban J connectivity index is 2.02. The first-order chi connectivity index (χ1) is 13.9. The van der Waals surface area contributed by atoms with Crippen LogP contribution in [0.15, 0.2) is 64.7 Å². The van der Waals surface area contributed by atoms with Gasteiger partial charge in [-0.05, 0) is 42.7 Å². The molecule has 6 heteroatoms. The number of amides is 2. The second-order valence-electron chi connectivity index (χ2n) is 7.17. The SMILES string of the molecule is CCOC(=O)C1=CC[C@H](c2ccccc2)[C@@]12C(=O)N(C(C)=O)c1ccc(Br)cc12. The van der Waals surface area contributed by atoms with Gasteiger partial charge in [-0.15, -0.1) is 0 Å². The summed E-state index contributed by atoms with van der Waals surface area (Å²) >= 11 is 3.49. The van der Waals surface area contributed by atoms with Crippen LogP contribution in [0.5, 0.6) is 0 Å². The minimum absolute atomic E-state index is 0.207. The van der Waals surface area contributed by atoms with E-state index >= 15 is 0 Å². The van der Waals surface area contributed by atoms with Crippen molar-refractivity contribution in [1.29, 1.82) is 0 Å². The molecule has 5 nitrogen and oxygen atoms in total. The van der Waals surface area contributed by atoms with Gasteiger partial charge in [0.15, 0.2) is 0 Å². The van der Waals surface area contributed by atoms with Crippen LogP contribution in [0.4, 0.5) is 5.69 Å². The van der Waals surface area contributed by atoms with Crippen molar-refractivity contribution < 1.29 is 19.1 Å². The first-order valence-corrected chi connectivity index (χ1v) is 10.3. The lowest BCUT2D eigenvalue weighted by atomic mass is 9.67. The van der Waals surface area contributed by atoms with E-state index in [4.69, 9.17) is 4.74 Å². The molecule has 2 aromatic rings. The summed E-state index contributed by atoms with van der Waals surface area (Å²) < 4.78 is 6.09. The van der Waals surface area contributed by atoms with E-state index in [1.54, 1.807) is 25.1 Å². The van der Waals surface area contributed by atoms with Crippen LogP contribution in [0.25, 0.3) is 0 Å². The molecule has 2 aliphatic rings. The molecule has 29 heavy (non-hydrogen) atoms. The van der Waals surface area contributed by atoms with Gasteiger partial charge in [0, 0.05) is 17.3 Å². The number of imide groups is 1. The van der Waals surface area contributed by atoms with Gasteiger partial charge in [0.1, 0.15) is 5.41 Å². The van der Waals surface area contributed by atoms with Crippen molar-refractivity contribution in [3.05, 3.63) is 75.8 Å². The molecule has 1 aliphatic heterocycles. The summed E-state index contributed by atoms with van der Waals surface area (Å²) in [6.07, 6.45) is 2.30. The maximum Gasteiger partial charge on any atom is 0.335 e. The molecule has 1 heterocycles. The summed E-state index contributed by atoms with van der Waals surface area (Å²) in [4.78, 5) is 40.5. The van der Waals surface area contributed by atoms with Gasteiger partial charge in [-0.1, -0.05) is 52.3 Å². The van der Waals surface area contributed by atoms with Gasteiger partial charge in [-0.2, -0.15) is 0 Å². The maximum absolute atomic E-state index is 13.9. The van der Waals surface area contributed by atoms with E-state index in [0.717, 1.165) is 10.0 Å². The van der Waals surface area contributed by atoms with E-state index < -0.39 is 17.3 Å². The second-order valence-corrected chi connectivity index (χ2v) is 8.08. The molecule has 0 N–H and O–H groups in total.